The molecule has 3 rings (SSSR count). The molecule has 2 amide bonds. The fraction of sp³-hybridized carbons (Fsp3) is 0.364. The lowest BCUT2D eigenvalue weighted by atomic mass is 10.1. The SMILES string of the molecule is COc1cc(OC)cc(C(=O)N2CCN(CC(=O)Nc3cccc(Cl)c3C)CC2)c1. The highest BCUT2D eigenvalue weighted by Crippen LogP contribution is 2.24. The summed E-state index contributed by atoms with van der Waals surface area (Å²) in [5, 5.41) is 3.53. The quantitative estimate of drug-likeness (QED) is 0.761. The summed E-state index contributed by atoms with van der Waals surface area (Å²) in [6.07, 6.45) is 0. The number of anilines is 1. The van der Waals surface area contributed by atoms with Crippen molar-refractivity contribution in [1.82, 2.24) is 9.80 Å². The molecule has 2 aromatic carbocycles. The number of hydrogen-bond donors (Lipinski definition) is 1. The summed E-state index contributed by atoms with van der Waals surface area (Å²) in [6.45, 7) is 4.46. The van der Waals surface area contributed by atoms with Gasteiger partial charge in [0.15, 0.2) is 0 Å². The third-order valence-electron chi connectivity index (χ3n) is 5.17. The Bertz CT molecular complexity index is 904. The Kier molecular flexibility index (Phi) is 7.18. The first-order valence-corrected chi connectivity index (χ1v) is 10.1. The van der Waals surface area contributed by atoms with Gasteiger partial charge < -0.3 is 19.7 Å². The van der Waals surface area contributed by atoms with Crippen LogP contribution < -0.4 is 14.8 Å². The van der Waals surface area contributed by atoms with Crippen LogP contribution in [0.2, 0.25) is 5.02 Å². The molecule has 1 N–H and O–H groups in total. The average Bonchev–Trinajstić information content (AvgIpc) is 2.76. The molecule has 1 aliphatic heterocycles. The molecular weight excluding hydrogens is 406 g/mol. The topological polar surface area (TPSA) is 71.1 Å². The molecule has 1 saturated heterocycles. The Morgan fingerprint density at radius 2 is 1.67 bits per heavy atom. The number of piperazine rings is 1. The third kappa shape index (κ3) is 5.23. The summed E-state index contributed by atoms with van der Waals surface area (Å²) < 4.78 is 10.5. The maximum atomic E-state index is 12.9. The van der Waals surface area contributed by atoms with Gasteiger partial charge in [0, 0.05) is 48.5 Å². The maximum absolute atomic E-state index is 12.9. The van der Waals surface area contributed by atoms with Crippen molar-refractivity contribution in [2.45, 2.75) is 6.92 Å². The zero-order valence-corrected chi connectivity index (χ0v) is 18.2. The molecule has 7 nitrogen and oxygen atoms in total. The van der Waals surface area contributed by atoms with Gasteiger partial charge in [0.25, 0.3) is 5.91 Å². The molecule has 0 saturated carbocycles. The molecule has 2 aromatic rings. The predicted molar refractivity (Wildman–Crippen MR) is 117 cm³/mol. The van der Waals surface area contributed by atoms with Crippen LogP contribution >= 0.6 is 11.6 Å². The van der Waals surface area contributed by atoms with Crippen LogP contribution in [0.15, 0.2) is 36.4 Å². The molecule has 0 atom stereocenters. The fourth-order valence-electron chi connectivity index (χ4n) is 3.36. The van der Waals surface area contributed by atoms with Crippen molar-refractivity contribution in [2.24, 2.45) is 0 Å². The fourth-order valence-corrected chi connectivity index (χ4v) is 3.53. The number of hydrogen-bond acceptors (Lipinski definition) is 5. The lowest BCUT2D eigenvalue weighted by molar-refractivity contribution is -0.117. The number of halogens is 1. The minimum absolute atomic E-state index is 0.0779. The lowest BCUT2D eigenvalue weighted by Gasteiger charge is -2.34. The van der Waals surface area contributed by atoms with E-state index in [1.165, 1.54) is 0 Å². The number of carbonyl (C=O) groups excluding carboxylic acids is 2. The Morgan fingerprint density at radius 1 is 1.03 bits per heavy atom. The van der Waals surface area contributed by atoms with Crippen molar-refractivity contribution >= 4 is 29.1 Å². The minimum Gasteiger partial charge on any atom is -0.497 e. The lowest BCUT2D eigenvalue weighted by Crippen LogP contribution is -2.50. The first kappa shape index (κ1) is 21.9. The molecule has 0 aliphatic carbocycles. The molecule has 0 spiro atoms. The normalized spacial score (nSPS) is 14.3. The van der Waals surface area contributed by atoms with Crippen molar-refractivity contribution in [3.63, 3.8) is 0 Å². The predicted octanol–water partition coefficient (Wildman–Crippen LogP) is 3.06. The van der Waals surface area contributed by atoms with Crippen LogP contribution in [0.5, 0.6) is 11.5 Å². The van der Waals surface area contributed by atoms with Gasteiger partial charge in [-0.25, -0.2) is 0 Å². The van der Waals surface area contributed by atoms with Crippen LogP contribution in [-0.2, 0) is 4.79 Å². The molecule has 0 unspecified atom stereocenters. The van der Waals surface area contributed by atoms with E-state index in [4.69, 9.17) is 21.1 Å². The first-order valence-electron chi connectivity index (χ1n) is 9.71. The molecule has 0 radical (unpaired) electrons. The van der Waals surface area contributed by atoms with Gasteiger partial charge in [-0.05, 0) is 36.8 Å². The van der Waals surface area contributed by atoms with Crippen LogP contribution in [0, 0.1) is 6.92 Å². The van der Waals surface area contributed by atoms with E-state index in [1.807, 2.05) is 24.0 Å². The van der Waals surface area contributed by atoms with Crippen molar-refractivity contribution in [1.29, 1.82) is 0 Å². The standard InChI is InChI=1S/C22H26ClN3O4/c1-15-19(23)5-4-6-20(15)24-21(27)14-25-7-9-26(10-8-25)22(28)16-11-17(29-2)13-18(12-16)30-3/h4-6,11-13H,7-10,14H2,1-3H3,(H,24,27). The van der Waals surface area contributed by atoms with Crippen molar-refractivity contribution in [3.8, 4) is 11.5 Å². The second-order valence-corrected chi connectivity index (χ2v) is 7.54. The average molecular weight is 432 g/mol. The van der Waals surface area contributed by atoms with Crippen LogP contribution in [0.25, 0.3) is 0 Å². The zero-order valence-electron chi connectivity index (χ0n) is 17.4. The highest BCUT2D eigenvalue weighted by atomic mass is 35.5. The van der Waals surface area contributed by atoms with Crippen LogP contribution in [0.3, 0.4) is 0 Å². The van der Waals surface area contributed by atoms with Crippen LogP contribution in [-0.4, -0.2) is 68.6 Å². The Balaban J connectivity index is 1.55. The second kappa shape index (κ2) is 9.82. The van der Waals surface area contributed by atoms with Gasteiger partial charge in [-0.3, -0.25) is 14.5 Å². The smallest absolute Gasteiger partial charge is 0.254 e. The van der Waals surface area contributed by atoms with E-state index < -0.39 is 0 Å². The van der Waals surface area contributed by atoms with Gasteiger partial charge in [0.1, 0.15) is 11.5 Å². The van der Waals surface area contributed by atoms with Crippen molar-refractivity contribution in [3.05, 3.63) is 52.5 Å². The van der Waals surface area contributed by atoms with E-state index in [1.54, 1.807) is 43.4 Å². The minimum atomic E-state index is -0.0994. The second-order valence-electron chi connectivity index (χ2n) is 7.13. The Morgan fingerprint density at radius 3 is 2.27 bits per heavy atom. The summed E-state index contributed by atoms with van der Waals surface area (Å²) in [7, 11) is 3.11. The largest absolute Gasteiger partial charge is 0.497 e. The van der Waals surface area contributed by atoms with E-state index in [0.29, 0.717) is 54.0 Å². The molecule has 30 heavy (non-hydrogen) atoms. The number of nitrogens with zero attached hydrogens (tertiary/aromatic N) is 2. The zero-order chi connectivity index (χ0) is 21.7. The molecule has 1 aliphatic rings. The van der Waals surface area contributed by atoms with E-state index >= 15 is 0 Å². The number of rotatable bonds is 6. The molecule has 1 heterocycles. The summed E-state index contributed by atoms with van der Waals surface area (Å²) in [5.74, 6) is 0.970. The van der Waals surface area contributed by atoms with E-state index in [2.05, 4.69) is 5.32 Å². The molecular formula is C22H26ClN3O4. The van der Waals surface area contributed by atoms with Gasteiger partial charge in [-0.1, -0.05) is 17.7 Å². The van der Waals surface area contributed by atoms with Crippen LogP contribution in [0.4, 0.5) is 5.69 Å². The summed E-state index contributed by atoms with van der Waals surface area (Å²) >= 11 is 6.11. The number of carbonyl (C=O) groups is 2. The molecule has 0 aromatic heterocycles. The molecule has 160 valence electrons. The molecule has 1 fully saturated rings. The number of amides is 2. The molecule has 8 heteroatoms. The van der Waals surface area contributed by atoms with E-state index in [9.17, 15) is 9.59 Å². The van der Waals surface area contributed by atoms with Crippen molar-refractivity contribution < 1.29 is 19.1 Å². The number of methoxy groups -OCH3 is 2. The number of nitrogens with one attached hydrogen (secondary N) is 1. The van der Waals surface area contributed by atoms with Crippen molar-refractivity contribution in [2.75, 3.05) is 52.3 Å². The Labute approximate surface area is 181 Å². The number of ether oxygens (including phenoxy) is 2. The highest BCUT2D eigenvalue weighted by Gasteiger charge is 2.24. The van der Waals surface area contributed by atoms with E-state index in [0.717, 1.165) is 5.56 Å². The summed E-state index contributed by atoms with van der Waals surface area (Å²) in [4.78, 5) is 29.1. The third-order valence-corrected chi connectivity index (χ3v) is 5.58. The molecule has 0 bridgehead atoms. The van der Waals surface area contributed by atoms with Gasteiger partial charge in [0.2, 0.25) is 5.91 Å². The van der Waals surface area contributed by atoms with Crippen LogP contribution in [0.1, 0.15) is 15.9 Å². The maximum Gasteiger partial charge on any atom is 0.254 e. The van der Waals surface area contributed by atoms with Gasteiger partial charge in [-0.2, -0.15) is 0 Å². The first-order chi connectivity index (χ1) is 14.4. The van der Waals surface area contributed by atoms with Gasteiger partial charge in [0.05, 0.1) is 20.8 Å². The number of benzene rings is 2. The van der Waals surface area contributed by atoms with E-state index in [-0.39, 0.29) is 18.4 Å². The van der Waals surface area contributed by atoms with Gasteiger partial charge >= 0.3 is 0 Å². The monoisotopic (exact) mass is 431 g/mol. The highest BCUT2D eigenvalue weighted by molar-refractivity contribution is 6.31. The van der Waals surface area contributed by atoms with Gasteiger partial charge in [-0.15, -0.1) is 0 Å². The summed E-state index contributed by atoms with van der Waals surface area (Å²) in [5.41, 5.74) is 2.08. The summed E-state index contributed by atoms with van der Waals surface area (Å²) in [6, 6.07) is 10.6. The Hall–Kier alpha value is -2.77.